The lowest BCUT2D eigenvalue weighted by molar-refractivity contribution is -0.143. The van der Waals surface area contributed by atoms with Gasteiger partial charge in [0.05, 0.1) is 11.1 Å². The minimum absolute atomic E-state index is 0.115. The number of rotatable bonds is 1. The van der Waals surface area contributed by atoms with Crippen molar-refractivity contribution in [2.24, 2.45) is 0 Å². The lowest BCUT2D eigenvalue weighted by Gasteiger charge is -2.15. The molecule has 126 valence electrons. The minimum atomic E-state index is -5.11. The second-order valence-electron chi connectivity index (χ2n) is 4.69. The van der Waals surface area contributed by atoms with E-state index in [1.54, 1.807) is 0 Å². The molecule has 0 atom stereocenters. The zero-order valence-corrected chi connectivity index (χ0v) is 11.4. The van der Waals surface area contributed by atoms with Crippen molar-refractivity contribution in [3.63, 3.8) is 0 Å². The van der Waals surface area contributed by atoms with Gasteiger partial charge in [-0.2, -0.15) is 31.6 Å². The van der Waals surface area contributed by atoms with E-state index in [0.717, 1.165) is 0 Å². The topological polar surface area (TPSA) is 23.8 Å². The molecular weight excluding hydrogens is 346 g/mol. The molecule has 0 amide bonds. The van der Waals surface area contributed by atoms with Crippen LogP contribution in [0.15, 0.2) is 30.3 Å². The molecule has 0 aliphatic rings. The Morgan fingerprint density at radius 1 is 0.792 bits per heavy atom. The lowest BCUT2D eigenvalue weighted by Crippen LogP contribution is -2.11. The molecule has 2 rings (SSSR count). The second kappa shape index (κ2) is 5.78. The molecule has 9 heteroatoms. The van der Waals surface area contributed by atoms with Crippen molar-refractivity contribution in [3.8, 4) is 17.2 Å². The lowest BCUT2D eigenvalue weighted by atomic mass is 9.97. The molecular formula is C15H5F8N. The molecule has 24 heavy (non-hydrogen) atoms. The van der Waals surface area contributed by atoms with Crippen molar-refractivity contribution in [1.82, 2.24) is 0 Å². The molecule has 0 radical (unpaired) electrons. The molecule has 1 nitrogen and oxygen atoms in total. The molecule has 0 fully saturated rings. The number of halogens is 8. The van der Waals surface area contributed by atoms with E-state index < -0.39 is 51.8 Å². The molecule has 0 saturated heterocycles. The monoisotopic (exact) mass is 351 g/mol. The van der Waals surface area contributed by atoms with Crippen molar-refractivity contribution >= 4 is 0 Å². The molecule has 0 heterocycles. The molecule has 0 aliphatic carbocycles. The molecule has 0 bridgehead atoms. The highest BCUT2D eigenvalue weighted by molar-refractivity contribution is 5.68. The highest BCUT2D eigenvalue weighted by Crippen LogP contribution is 2.39. The Morgan fingerprint density at radius 3 is 1.71 bits per heavy atom. The summed E-state index contributed by atoms with van der Waals surface area (Å²) in [5.74, 6) is -2.81. The first-order valence-corrected chi connectivity index (χ1v) is 6.13. The third-order valence-corrected chi connectivity index (χ3v) is 3.10. The van der Waals surface area contributed by atoms with Gasteiger partial charge in [-0.15, -0.1) is 0 Å². The summed E-state index contributed by atoms with van der Waals surface area (Å²) >= 11 is 0. The van der Waals surface area contributed by atoms with Crippen LogP contribution < -0.4 is 0 Å². The van der Waals surface area contributed by atoms with E-state index in [9.17, 15) is 35.1 Å². The maximum Gasteiger partial charge on any atom is 0.416 e. The Morgan fingerprint density at radius 2 is 1.29 bits per heavy atom. The summed E-state index contributed by atoms with van der Waals surface area (Å²) in [5.41, 5.74) is -5.90. The van der Waals surface area contributed by atoms with Crippen molar-refractivity contribution in [3.05, 3.63) is 58.7 Å². The van der Waals surface area contributed by atoms with Crippen LogP contribution in [0.3, 0.4) is 0 Å². The van der Waals surface area contributed by atoms with E-state index in [1.165, 1.54) is 6.07 Å². The SMILES string of the molecule is N#Cc1c(F)ccc(-c2cc(C(F)(F)F)cc(C(F)(F)F)c2)c1F. The first kappa shape index (κ1) is 17.7. The maximum atomic E-state index is 14.1. The Bertz CT molecular complexity index is 795. The summed E-state index contributed by atoms with van der Waals surface area (Å²) in [6.45, 7) is 0. The fourth-order valence-corrected chi connectivity index (χ4v) is 1.99. The normalized spacial score (nSPS) is 12.1. The van der Waals surface area contributed by atoms with Gasteiger partial charge in [-0.3, -0.25) is 0 Å². The van der Waals surface area contributed by atoms with Crippen molar-refractivity contribution < 1.29 is 35.1 Å². The van der Waals surface area contributed by atoms with Gasteiger partial charge in [-0.1, -0.05) is 0 Å². The number of alkyl halides is 6. The van der Waals surface area contributed by atoms with Crippen LogP contribution in [0.4, 0.5) is 35.1 Å². The van der Waals surface area contributed by atoms with Crippen LogP contribution in [0.5, 0.6) is 0 Å². The summed E-state index contributed by atoms with van der Waals surface area (Å²) in [4.78, 5) is 0. The zero-order valence-electron chi connectivity index (χ0n) is 11.4. The molecule has 0 aliphatic heterocycles. The molecule has 0 spiro atoms. The largest absolute Gasteiger partial charge is 0.416 e. The van der Waals surface area contributed by atoms with Gasteiger partial charge in [-0.05, 0) is 35.9 Å². The molecule has 0 aromatic heterocycles. The standard InChI is InChI=1S/C15H5F8N/c16-12-2-1-10(13(17)11(12)6-24)7-3-8(14(18,19)20)5-9(4-7)15(21,22)23/h1-5H. The summed E-state index contributed by atoms with van der Waals surface area (Å²) in [6, 6.07) is 2.91. The van der Waals surface area contributed by atoms with E-state index in [2.05, 4.69) is 0 Å². The van der Waals surface area contributed by atoms with Crippen LogP contribution in [0, 0.1) is 23.0 Å². The maximum absolute atomic E-state index is 14.1. The van der Waals surface area contributed by atoms with Gasteiger partial charge < -0.3 is 0 Å². The van der Waals surface area contributed by atoms with Crippen LogP contribution in [0.1, 0.15) is 16.7 Å². The molecule has 0 N–H and O–H groups in total. The number of benzene rings is 2. The Balaban J connectivity index is 2.78. The zero-order chi connectivity index (χ0) is 18.3. The fourth-order valence-electron chi connectivity index (χ4n) is 1.99. The number of hydrogen-bond acceptors (Lipinski definition) is 1. The molecule has 0 saturated carbocycles. The van der Waals surface area contributed by atoms with E-state index in [4.69, 9.17) is 5.26 Å². The van der Waals surface area contributed by atoms with E-state index in [1.807, 2.05) is 0 Å². The minimum Gasteiger partial charge on any atom is -0.205 e. The highest BCUT2D eigenvalue weighted by atomic mass is 19.4. The average Bonchev–Trinajstić information content (AvgIpc) is 2.45. The van der Waals surface area contributed by atoms with Gasteiger partial charge in [0.15, 0.2) is 5.82 Å². The third kappa shape index (κ3) is 3.32. The second-order valence-corrected chi connectivity index (χ2v) is 4.69. The summed E-state index contributed by atoms with van der Waals surface area (Å²) in [5, 5.41) is 8.65. The van der Waals surface area contributed by atoms with Gasteiger partial charge >= 0.3 is 12.4 Å². The van der Waals surface area contributed by atoms with Crippen LogP contribution in [-0.4, -0.2) is 0 Å². The Labute approximate surface area is 129 Å². The number of hydrogen-bond donors (Lipinski definition) is 0. The summed E-state index contributed by atoms with van der Waals surface area (Å²) in [7, 11) is 0. The fraction of sp³-hybridized carbons (Fsp3) is 0.133. The quantitative estimate of drug-likeness (QED) is 0.619. The van der Waals surface area contributed by atoms with Gasteiger partial charge in [0, 0.05) is 5.56 Å². The van der Waals surface area contributed by atoms with Crippen LogP contribution in [0.25, 0.3) is 11.1 Å². The van der Waals surface area contributed by atoms with Crippen molar-refractivity contribution in [2.75, 3.05) is 0 Å². The van der Waals surface area contributed by atoms with Gasteiger partial charge in [0.2, 0.25) is 0 Å². The van der Waals surface area contributed by atoms with Crippen LogP contribution >= 0.6 is 0 Å². The molecule has 2 aromatic carbocycles. The third-order valence-electron chi connectivity index (χ3n) is 3.10. The first-order chi connectivity index (χ1) is 10.9. The summed E-state index contributed by atoms with van der Waals surface area (Å²) in [6.07, 6.45) is -10.2. The summed E-state index contributed by atoms with van der Waals surface area (Å²) < 4.78 is 104. The first-order valence-electron chi connectivity index (χ1n) is 6.13. The average molecular weight is 351 g/mol. The number of nitriles is 1. The van der Waals surface area contributed by atoms with Crippen molar-refractivity contribution in [2.45, 2.75) is 12.4 Å². The van der Waals surface area contributed by atoms with Crippen LogP contribution in [-0.2, 0) is 12.4 Å². The smallest absolute Gasteiger partial charge is 0.205 e. The van der Waals surface area contributed by atoms with Gasteiger partial charge in [0.1, 0.15) is 17.4 Å². The predicted molar refractivity (Wildman–Crippen MR) is 66.5 cm³/mol. The highest BCUT2D eigenvalue weighted by Gasteiger charge is 2.37. The number of nitrogens with zero attached hydrogens (tertiary/aromatic N) is 1. The van der Waals surface area contributed by atoms with Gasteiger partial charge in [0.25, 0.3) is 0 Å². The van der Waals surface area contributed by atoms with Gasteiger partial charge in [-0.25, -0.2) is 8.78 Å². The Hall–Kier alpha value is -2.63. The van der Waals surface area contributed by atoms with E-state index >= 15 is 0 Å². The Kier molecular flexibility index (Phi) is 4.27. The predicted octanol–water partition coefficient (Wildman–Crippen LogP) is 5.54. The van der Waals surface area contributed by atoms with Crippen molar-refractivity contribution in [1.29, 1.82) is 5.26 Å². The van der Waals surface area contributed by atoms with E-state index in [-0.39, 0.29) is 6.07 Å². The molecule has 2 aromatic rings. The van der Waals surface area contributed by atoms with E-state index in [0.29, 0.717) is 24.3 Å². The van der Waals surface area contributed by atoms with Crippen LogP contribution in [0.2, 0.25) is 0 Å². The molecule has 0 unspecified atom stereocenters.